The summed E-state index contributed by atoms with van der Waals surface area (Å²) in [6.45, 7) is -0.184. The molecule has 96 valence electrons. The van der Waals surface area contributed by atoms with Gasteiger partial charge in [-0.25, -0.2) is 0 Å². The van der Waals surface area contributed by atoms with E-state index in [1.165, 1.54) is 6.07 Å². The largest absolute Gasteiger partial charge is 0.491 e. The zero-order valence-corrected chi connectivity index (χ0v) is 9.63. The highest BCUT2D eigenvalue weighted by Crippen LogP contribution is 2.23. The van der Waals surface area contributed by atoms with E-state index in [0.717, 1.165) is 0 Å². The van der Waals surface area contributed by atoms with Gasteiger partial charge in [0.2, 0.25) is 0 Å². The van der Waals surface area contributed by atoms with Crippen LogP contribution in [0.15, 0.2) is 24.3 Å². The predicted molar refractivity (Wildman–Crippen MR) is 58.2 cm³/mol. The molecular formula is C11H12ClF3O2. The fraction of sp³-hybridized carbons (Fsp3) is 0.455. The minimum Gasteiger partial charge on any atom is -0.491 e. The SMILES string of the molecule is OC(CCC(F)(F)F)COc1cccc(Cl)c1. The first kappa shape index (κ1) is 14.1. The highest BCUT2D eigenvalue weighted by Gasteiger charge is 2.27. The van der Waals surface area contributed by atoms with Gasteiger partial charge < -0.3 is 9.84 Å². The lowest BCUT2D eigenvalue weighted by molar-refractivity contribution is -0.140. The fourth-order valence-corrected chi connectivity index (χ4v) is 1.34. The summed E-state index contributed by atoms with van der Waals surface area (Å²) in [5.41, 5.74) is 0. The van der Waals surface area contributed by atoms with Gasteiger partial charge in [0.15, 0.2) is 0 Å². The Morgan fingerprint density at radius 2 is 2.06 bits per heavy atom. The molecule has 1 aromatic rings. The molecule has 0 aliphatic rings. The number of halogens is 4. The molecule has 0 spiro atoms. The maximum absolute atomic E-state index is 11.9. The molecule has 0 aromatic heterocycles. The standard InChI is InChI=1S/C11H12ClF3O2/c12-8-2-1-3-10(6-8)17-7-9(16)4-5-11(13,14)15/h1-3,6,9,16H,4-5,7H2. The van der Waals surface area contributed by atoms with Crippen LogP contribution in [-0.4, -0.2) is 24.0 Å². The first-order chi connectivity index (χ1) is 7.87. The van der Waals surface area contributed by atoms with Gasteiger partial charge in [0.05, 0.1) is 6.10 Å². The van der Waals surface area contributed by atoms with Crippen LogP contribution in [0.1, 0.15) is 12.8 Å². The van der Waals surface area contributed by atoms with Crippen molar-refractivity contribution < 1.29 is 23.0 Å². The van der Waals surface area contributed by atoms with E-state index in [1.54, 1.807) is 18.2 Å². The summed E-state index contributed by atoms with van der Waals surface area (Å²) in [6, 6.07) is 6.44. The van der Waals surface area contributed by atoms with E-state index in [-0.39, 0.29) is 13.0 Å². The van der Waals surface area contributed by atoms with Crippen molar-refractivity contribution in [1.82, 2.24) is 0 Å². The molecule has 1 unspecified atom stereocenters. The Labute approximate surface area is 102 Å². The molecule has 0 heterocycles. The summed E-state index contributed by atoms with van der Waals surface area (Å²) < 4.78 is 40.7. The second kappa shape index (κ2) is 6.12. The zero-order chi connectivity index (χ0) is 12.9. The summed E-state index contributed by atoms with van der Waals surface area (Å²) in [5.74, 6) is 0.420. The Balaban J connectivity index is 2.31. The van der Waals surface area contributed by atoms with Crippen LogP contribution in [0, 0.1) is 0 Å². The van der Waals surface area contributed by atoms with Gasteiger partial charge in [-0.2, -0.15) is 13.2 Å². The van der Waals surface area contributed by atoms with E-state index in [0.29, 0.717) is 10.8 Å². The lowest BCUT2D eigenvalue weighted by Crippen LogP contribution is -2.20. The third-order valence-electron chi connectivity index (χ3n) is 2.00. The molecule has 1 atom stereocenters. The summed E-state index contributed by atoms with van der Waals surface area (Å²) in [6.07, 6.45) is -6.79. The Morgan fingerprint density at radius 1 is 1.35 bits per heavy atom. The van der Waals surface area contributed by atoms with E-state index >= 15 is 0 Å². The summed E-state index contributed by atoms with van der Waals surface area (Å²) >= 11 is 5.69. The molecular weight excluding hydrogens is 257 g/mol. The van der Waals surface area contributed by atoms with Crippen molar-refractivity contribution in [3.8, 4) is 5.75 Å². The van der Waals surface area contributed by atoms with E-state index in [4.69, 9.17) is 16.3 Å². The quantitative estimate of drug-likeness (QED) is 0.887. The molecule has 0 amide bonds. The van der Waals surface area contributed by atoms with Crippen molar-refractivity contribution in [3.05, 3.63) is 29.3 Å². The Morgan fingerprint density at radius 3 is 2.65 bits per heavy atom. The predicted octanol–water partition coefficient (Wildman–Crippen LogP) is 3.42. The molecule has 0 saturated heterocycles. The molecule has 2 nitrogen and oxygen atoms in total. The van der Waals surface area contributed by atoms with Crippen LogP contribution in [-0.2, 0) is 0 Å². The monoisotopic (exact) mass is 268 g/mol. The Kier molecular flexibility index (Phi) is 5.08. The van der Waals surface area contributed by atoms with Crippen LogP contribution >= 0.6 is 11.6 Å². The number of hydrogen-bond acceptors (Lipinski definition) is 2. The summed E-state index contributed by atoms with van der Waals surface area (Å²) in [4.78, 5) is 0. The molecule has 0 bridgehead atoms. The van der Waals surface area contributed by atoms with E-state index in [9.17, 15) is 18.3 Å². The van der Waals surface area contributed by atoms with Crippen molar-refractivity contribution in [2.24, 2.45) is 0 Å². The molecule has 1 aromatic carbocycles. The van der Waals surface area contributed by atoms with Crippen LogP contribution in [0.5, 0.6) is 5.75 Å². The Hall–Kier alpha value is -0.940. The third kappa shape index (κ3) is 6.38. The number of benzene rings is 1. The van der Waals surface area contributed by atoms with Crippen molar-refractivity contribution in [3.63, 3.8) is 0 Å². The first-order valence-corrected chi connectivity index (χ1v) is 5.38. The van der Waals surface area contributed by atoms with Gasteiger partial charge in [-0.3, -0.25) is 0 Å². The maximum Gasteiger partial charge on any atom is 0.389 e. The van der Waals surface area contributed by atoms with Crippen LogP contribution in [0.25, 0.3) is 0 Å². The fourth-order valence-electron chi connectivity index (χ4n) is 1.16. The van der Waals surface area contributed by atoms with Crippen LogP contribution in [0.3, 0.4) is 0 Å². The van der Waals surface area contributed by atoms with Crippen LogP contribution in [0.4, 0.5) is 13.2 Å². The molecule has 6 heteroatoms. The van der Waals surface area contributed by atoms with Crippen molar-refractivity contribution in [2.45, 2.75) is 25.1 Å². The number of aliphatic hydroxyl groups excluding tert-OH is 1. The topological polar surface area (TPSA) is 29.5 Å². The number of rotatable bonds is 5. The van der Waals surface area contributed by atoms with Crippen molar-refractivity contribution in [2.75, 3.05) is 6.61 Å². The summed E-state index contributed by atoms with van der Waals surface area (Å²) in [7, 11) is 0. The van der Waals surface area contributed by atoms with Gasteiger partial charge in [-0.1, -0.05) is 17.7 Å². The molecule has 0 aliphatic heterocycles. The van der Waals surface area contributed by atoms with Crippen LogP contribution < -0.4 is 4.74 Å². The normalized spacial score (nSPS) is 13.5. The molecule has 0 saturated carbocycles. The number of ether oxygens (including phenoxy) is 1. The lowest BCUT2D eigenvalue weighted by atomic mass is 10.2. The van der Waals surface area contributed by atoms with Gasteiger partial charge in [-0.15, -0.1) is 0 Å². The average molecular weight is 269 g/mol. The minimum atomic E-state index is -4.25. The zero-order valence-electron chi connectivity index (χ0n) is 8.88. The minimum absolute atomic E-state index is 0.184. The third-order valence-corrected chi connectivity index (χ3v) is 2.23. The Bertz CT molecular complexity index is 355. The number of aliphatic hydroxyl groups is 1. The average Bonchev–Trinajstić information content (AvgIpc) is 2.23. The van der Waals surface area contributed by atoms with Gasteiger partial charge in [-0.05, 0) is 24.6 Å². The van der Waals surface area contributed by atoms with Crippen LogP contribution in [0.2, 0.25) is 5.02 Å². The maximum atomic E-state index is 11.9. The van der Waals surface area contributed by atoms with E-state index in [2.05, 4.69) is 0 Å². The molecule has 1 N–H and O–H groups in total. The molecule has 17 heavy (non-hydrogen) atoms. The molecule has 0 aliphatic carbocycles. The van der Waals surface area contributed by atoms with E-state index < -0.39 is 18.7 Å². The molecule has 0 radical (unpaired) electrons. The summed E-state index contributed by atoms with van der Waals surface area (Å²) in [5, 5.41) is 9.75. The first-order valence-electron chi connectivity index (χ1n) is 5.00. The van der Waals surface area contributed by atoms with Gasteiger partial charge >= 0.3 is 6.18 Å². The number of hydrogen-bond donors (Lipinski definition) is 1. The van der Waals surface area contributed by atoms with Crippen molar-refractivity contribution in [1.29, 1.82) is 0 Å². The smallest absolute Gasteiger partial charge is 0.389 e. The second-order valence-corrected chi connectivity index (χ2v) is 4.01. The van der Waals surface area contributed by atoms with Gasteiger partial charge in [0.1, 0.15) is 12.4 Å². The number of alkyl halides is 3. The highest BCUT2D eigenvalue weighted by molar-refractivity contribution is 6.30. The molecule has 1 rings (SSSR count). The lowest BCUT2D eigenvalue weighted by Gasteiger charge is -2.13. The van der Waals surface area contributed by atoms with Gasteiger partial charge in [0.25, 0.3) is 0 Å². The highest BCUT2D eigenvalue weighted by atomic mass is 35.5. The molecule has 0 fully saturated rings. The van der Waals surface area contributed by atoms with E-state index in [1.807, 2.05) is 0 Å². The second-order valence-electron chi connectivity index (χ2n) is 3.58. The van der Waals surface area contributed by atoms with Gasteiger partial charge in [0, 0.05) is 11.4 Å². The van der Waals surface area contributed by atoms with Crippen molar-refractivity contribution >= 4 is 11.6 Å².